The molecule has 2 aromatic heterocycles. The maximum absolute atomic E-state index is 12.9. The van der Waals surface area contributed by atoms with Crippen molar-refractivity contribution in [1.82, 2.24) is 19.6 Å². The van der Waals surface area contributed by atoms with E-state index in [1.165, 1.54) is 33.8 Å². The summed E-state index contributed by atoms with van der Waals surface area (Å²) in [6.45, 7) is 1.42. The number of sulfonamides is 1. The van der Waals surface area contributed by atoms with E-state index in [9.17, 15) is 13.2 Å². The largest absolute Gasteiger partial charge is 0.379 e. The fourth-order valence-corrected chi connectivity index (χ4v) is 5.50. The van der Waals surface area contributed by atoms with Gasteiger partial charge in [0.25, 0.3) is 5.91 Å². The number of nitrogens with one attached hydrogen (secondary N) is 1. The number of carbonyl (C=O) groups is 1. The van der Waals surface area contributed by atoms with Crippen LogP contribution in [0.3, 0.4) is 0 Å². The van der Waals surface area contributed by atoms with E-state index in [0.717, 1.165) is 10.6 Å². The van der Waals surface area contributed by atoms with Crippen molar-refractivity contribution < 1.29 is 17.9 Å². The normalized spacial score (nSPS) is 15.0. The number of hydrogen-bond acceptors (Lipinski definition) is 7. The summed E-state index contributed by atoms with van der Waals surface area (Å²) in [5.41, 5.74) is 1.68. The molecule has 0 saturated carbocycles. The Balaban J connectivity index is 1.47. The molecule has 162 valence electrons. The van der Waals surface area contributed by atoms with E-state index in [1.54, 1.807) is 12.4 Å². The van der Waals surface area contributed by atoms with Crippen LogP contribution in [-0.4, -0.2) is 54.9 Å². The number of thiazole rings is 1. The lowest BCUT2D eigenvalue weighted by atomic mass is 10.2. The van der Waals surface area contributed by atoms with Crippen LogP contribution >= 0.6 is 22.9 Å². The Morgan fingerprint density at radius 2 is 2.06 bits per heavy atom. The number of pyridine rings is 1. The van der Waals surface area contributed by atoms with Crippen molar-refractivity contribution in [2.75, 3.05) is 26.3 Å². The number of ether oxygens (including phenoxy) is 1. The third kappa shape index (κ3) is 4.94. The van der Waals surface area contributed by atoms with Gasteiger partial charge in [0.15, 0.2) is 0 Å². The number of morpholine rings is 1. The lowest BCUT2D eigenvalue weighted by molar-refractivity contribution is 0.0730. The van der Waals surface area contributed by atoms with Crippen molar-refractivity contribution in [3.8, 4) is 10.6 Å². The van der Waals surface area contributed by atoms with Crippen LogP contribution in [0.25, 0.3) is 10.6 Å². The minimum Gasteiger partial charge on any atom is -0.379 e. The predicted molar refractivity (Wildman–Crippen MR) is 118 cm³/mol. The average molecular weight is 479 g/mol. The Morgan fingerprint density at radius 3 is 2.81 bits per heavy atom. The molecule has 0 aliphatic carbocycles. The summed E-state index contributed by atoms with van der Waals surface area (Å²) in [6.07, 6.45) is 3.41. The molecule has 1 N–H and O–H groups in total. The third-order valence-corrected chi connectivity index (χ3v) is 7.84. The molecule has 11 heteroatoms. The Bertz CT molecular complexity index is 1180. The van der Waals surface area contributed by atoms with Crippen molar-refractivity contribution in [3.63, 3.8) is 0 Å². The fraction of sp³-hybridized carbons (Fsp3) is 0.250. The van der Waals surface area contributed by atoms with E-state index in [-0.39, 0.29) is 35.1 Å². The topological polar surface area (TPSA) is 101 Å². The predicted octanol–water partition coefficient (Wildman–Crippen LogP) is 2.81. The Morgan fingerprint density at radius 1 is 1.26 bits per heavy atom. The van der Waals surface area contributed by atoms with E-state index in [0.29, 0.717) is 18.9 Å². The summed E-state index contributed by atoms with van der Waals surface area (Å²) in [4.78, 5) is 21.3. The number of amides is 1. The van der Waals surface area contributed by atoms with Gasteiger partial charge in [-0.15, -0.1) is 11.3 Å². The highest BCUT2D eigenvalue weighted by Crippen LogP contribution is 2.25. The second-order valence-corrected chi connectivity index (χ2v) is 9.93. The van der Waals surface area contributed by atoms with E-state index >= 15 is 0 Å². The zero-order chi connectivity index (χ0) is 21.8. The van der Waals surface area contributed by atoms with Crippen molar-refractivity contribution >= 4 is 38.9 Å². The lowest BCUT2D eigenvalue weighted by Gasteiger charge is -2.26. The van der Waals surface area contributed by atoms with Crippen LogP contribution in [0, 0.1) is 0 Å². The Kier molecular flexibility index (Phi) is 6.63. The van der Waals surface area contributed by atoms with Gasteiger partial charge in [-0.3, -0.25) is 9.78 Å². The Labute approximate surface area is 188 Å². The summed E-state index contributed by atoms with van der Waals surface area (Å²) < 4.78 is 32.3. The zero-order valence-corrected chi connectivity index (χ0v) is 18.7. The molecule has 8 nitrogen and oxygen atoms in total. The molecule has 0 unspecified atom stereocenters. The molecule has 1 aliphatic heterocycles. The zero-order valence-electron chi connectivity index (χ0n) is 16.3. The molecule has 1 fully saturated rings. The van der Waals surface area contributed by atoms with E-state index in [2.05, 4.69) is 15.3 Å². The summed E-state index contributed by atoms with van der Waals surface area (Å²) in [5.74, 6) is -0.472. The van der Waals surface area contributed by atoms with Crippen molar-refractivity contribution in [2.45, 2.75) is 11.4 Å². The molecule has 31 heavy (non-hydrogen) atoms. The number of hydrogen-bond donors (Lipinski definition) is 1. The molecule has 1 amide bonds. The molecule has 0 spiro atoms. The quantitative estimate of drug-likeness (QED) is 0.584. The highest BCUT2D eigenvalue weighted by molar-refractivity contribution is 7.89. The maximum atomic E-state index is 12.9. The van der Waals surface area contributed by atoms with Crippen LogP contribution in [0.2, 0.25) is 5.02 Å². The van der Waals surface area contributed by atoms with E-state index in [1.807, 2.05) is 17.5 Å². The van der Waals surface area contributed by atoms with Gasteiger partial charge in [0, 0.05) is 36.4 Å². The number of benzene rings is 1. The first-order valence-corrected chi connectivity index (χ1v) is 12.2. The van der Waals surface area contributed by atoms with Crippen LogP contribution in [0.4, 0.5) is 0 Å². The number of carbonyl (C=O) groups excluding carboxylic acids is 1. The summed E-state index contributed by atoms with van der Waals surface area (Å²) in [5, 5.41) is 5.58. The van der Waals surface area contributed by atoms with Crippen molar-refractivity contribution in [2.24, 2.45) is 0 Å². The number of rotatable bonds is 6. The van der Waals surface area contributed by atoms with Gasteiger partial charge in [-0.05, 0) is 30.3 Å². The molecule has 0 radical (unpaired) electrons. The van der Waals surface area contributed by atoms with Crippen LogP contribution in [-0.2, 0) is 21.3 Å². The van der Waals surface area contributed by atoms with Gasteiger partial charge in [0.1, 0.15) is 5.01 Å². The van der Waals surface area contributed by atoms with E-state index < -0.39 is 15.9 Å². The summed E-state index contributed by atoms with van der Waals surface area (Å²) in [6, 6.07) is 7.88. The maximum Gasteiger partial charge on any atom is 0.253 e. The van der Waals surface area contributed by atoms with Crippen molar-refractivity contribution in [3.05, 3.63) is 64.4 Å². The first kappa shape index (κ1) is 21.8. The number of halogens is 1. The standard InChI is InChI=1S/C20H19ClN4O4S2/c21-18-4-3-16(31(27,28)25-6-8-29-9-7-25)10-17(18)19(26)23-12-15-13-30-20(24-15)14-2-1-5-22-11-14/h1-5,10-11,13H,6-9,12H2,(H,23,26). The smallest absolute Gasteiger partial charge is 0.253 e. The molecular formula is C20H19ClN4O4S2. The minimum atomic E-state index is -3.73. The van der Waals surface area contributed by atoms with Crippen LogP contribution in [0.15, 0.2) is 53.0 Å². The SMILES string of the molecule is O=C(NCc1csc(-c2cccnc2)n1)c1cc(S(=O)(=O)N2CCOCC2)ccc1Cl. The van der Waals surface area contributed by atoms with Crippen LogP contribution in [0.1, 0.15) is 16.1 Å². The first-order valence-electron chi connectivity index (χ1n) is 9.45. The molecule has 3 aromatic rings. The van der Waals surface area contributed by atoms with Gasteiger partial charge in [0.05, 0.1) is 40.9 Å². The molecule has 0 bridgehead atoms. The third-order valence-electron chi connectivity index (χ3n) is 4.68. The van der Waals surface area contributed by atoms with Gasteiger partial charge in [-0.2, -0.15) is 4.31 Å². The van der Waals surface area contributed by atoms with E-state index in [4.69, 9.17) is 16.3 Å². The molecule has 3 heterocycles. The highest BCUT2D eigenvalue weighted by Gasteiger charge is 2.27. The Hall–Kier alpha value is -2.37. The first-order chi connectivity index (χ1) is 14.9. The molecule has 1 aliphatic rings. The van der Waals surface area contributed by atoms with Gasteiger partial charge < -0.3 is 10.1 Å². The second-order valence-electron chi connectivity index (χ2n) is 6.73. The summed E-state index contributed by atoms with van der Waals surface area (Å²) >= 11 is 7.63. The fourth-order valence-electron chi connectivity index (χ4n) is 3.05. The number of nitrogens with zero attached hydrogens (tertiary/aromatic N) is 3. The summed E-state index contributed by atoms with van der Waals surface area (Å²) in [7, 11) is -3.73. The number of aromatic nitrogens is 2. The van der Waals surface area contributed by atoms with Gasteiger partial charge >= 0.3 is 0 Å². The van der Waals surface area contributed by atoms with Gasteiger partial charge in [-0.25, -0.2) is 13.4 Å². The lowest BCUT2D eigenvalue weighted by Crippen LogP contribution is -2.40. The minimum absolute atomic E-state index is 0.0245. The second kappa shape index (κ2) is 9.41. The molecule has 1 aromatic carbocycles. The molecule has 0 atom stereocenters. The average Bonchev–Trinajstić information content (AvgIpc) is 3.28. The van der Waals surface area contributed by atoms with Crippen LogP contribution < -0.4 is 5.32 Å². The molecule has 1 saturated heterocycles. The highest BCUT2D eigenvalue weighted by atomic mass is 35.5. The van der Waals surface area contributed by atoms with Crippen LogP contribution in [0.5, 0.6) is 0 Å². The van der Waals surface area contributed by atoms with Gasteiger partial charge in [-0.1, -0.05) is 11.6 Å². The molecular weight excluding hydrogens is 460 g/mol. The van der Waals surface area contributed by atoms with Gasteiger partial charge in [0.2, 0.25) is 10.0 Å². The monoisotopic (exact) mass is 478 g/mol. The molecule has 4 rings (SSSR count). The van der Waals surface area contributed by atoms with Crippen molar-refractivity contribution in [1.29, 1.82) is 0 Å².